The van der Waals surface area contributed by atoms with Gasteiger partial charge in [-0.3, -0.25) is 0 Å². The Balaban J connectivity index is 1.37. The first-order chi connectivity index (χ1) is 17.7. The molecule has 1 aromatic carbocycles. The first-order valence-corrected chi connectivity index (χ1v) is 14.4. The molecule has 0 N–H and O–H groups in total. The van der Waals surface area contributed by atoms with Crippen molar-refractivity contribution in [1.29, 1.82) is 0 Å². The second kappa shape index (κ2) is 16.1. The molecular formula is C30H40N2O3S. The maximum atomic E-state index is 12.1. The highest BCUT2D eigenvalue weighted by molar-refractivity contribution is 7.13. The molecule has 3 aromatic rings. The standard InChI is InChI=1S/C30H40N2O3S/c1-3-5-7-8-9-10-11-12-13-14-24-22-31-29(32-23-24)25-16-18-26(19-17-25)34-30(33)35-28-21-20-27(36-28)15-6-4-2/h16-23H,3-15H2,1-2H3. The van der Waals surface area contributed by atoms with E-state index in [9.17, 15) is 4.79 Å². The largest absolute Gasteiger partial charge is 0.520 e. The average molecular weight is 509 g/mol. The number of carbonyl (C=O) groups excluding carboxylic acids is 1. The first kappa shape index (κ1) is 27.9. The Labute approximate surface area is 220 Å². The maximum absolute atomic E-state index is 12.1. The van der Waals surface area contributed by atoms with Gasteiger partial charge in [0.1, 0.15) is 5.75 Å². The van der Waals surface area contributed by atoms with Crippen LogP contribution in [-0.2, 0) is 12.8 Å². The molecular weight excluding hydrogens is 468 g/mol. The molecule has 0 bridgehead atoms. The van der Waals surface area contributed by atoms with Gasteiger partial charge in [0, 0.05) is 22.8 Å². The Morgan fingerprint density at radius 3 is 2.03 bits per heavy atom. The number of rotatable bonds is 16. The summed E-state index contributed by atoms with van der Waals surface area (Å²) in [6, 6.07) is 11.0. The molecule has 2 aromatic heterocycles. The van der Waals surface area contributed by atoms with Gasteiger partial charge in [-0.05, 0) is 67.6 Å². The summed E-state index contributed by atoms with van der Waals surface area (Å²) in [7, 11) is 0. The van der Waals surface area contributed by atoms with Crippen LogP contribution in [0.1, 0.15) is 94.9 Å². The molecule has 0 atom stereocenters. The lowest BCUT2D eigenvalue weighted by molar-refractivity contribution is 0.153. The van der Waals surface area contributed by atoms with E-state index in [1.807, 2.05) is 36.7 Å². The van der Waals surface area contributed by atoms with Gasteiger partial charge in [0.05, 0.1) is 0 Å². The highest BCUT2D eigenvalue weighted by Crippen LogP contribution is 2.27. The summed E-state index contributed by atoms with van der Waals surface area (Å²) >= 11 is 1.48. The van der Waals surface area contributed by atoms with Crippen molar-refractivity contribution in [3.8, 4) is 22.2 Å². The lowest BCUT2D eigenvalue weighted by atomic mass is 10.1. The Hall–Kier alpha value is -2.73. The van der Waals surface area contributed by atoms with Gasteiger partial charge in [-0.1, -0.05) is 71.6 Å². The SMILES string of the molecule is CCCCCCCCCCCc1cnc(-c2ccc(OC(=O)Oc3ccc(CCCC)s3)cc2)nc1. The fourth-order valence-electron chi connectivity index (χ4n) is 4.04. The predicted octanol–water partition coefficient (Wildman–Crippen LogP) is 9.20. The predicted molar refractivity (Wildman–Crippen MR) is 148 cm³/mol. The van der Waals surface area contributed by atoms with Gasteiger partial charge in [0.15, 0.2) is 10.9 Å². The molecule has 0 aliphatic carbocycles. The van der Waals surface area contributed by atoms with E-state index >= 15 is 0 Å². The number of aromatic nitrogens is 2. The van der Waals surface area contributed by atoms with E-state index in [0.29, 0.717) is 16.6 Å². The molecule has 0 saturated heterocycles. The fraction of sp³-hybridized carbons (Fsp3) is 0.500. The molecule has 194 valence electrons. The van der Waals surface area contributed by atoms with Gasteiger partial charge >= 0.3 is 6.16 Å². The quantitative estimate of drug-likeness (QED) is 0.110. The molecule has 0 amide bonds. The Bertz CT molecular complexity index is 1020. The molecule has 5 nitrogen and oxygen atoms in total. The van der Waals surface area contributed by atoms with Crippen molar-refractivity contribution >= 4 is 17.5 Å². The summed E-state index contributed by atoms with van der Waals surface area (Å²) in [6.07, 6.45) is 19.4. The van der Waals surface area contributed by atoms with E-state index in [2.05, 4.69) is 23.8 Å². The summed E-state index contributed by atoms with van der Waals surface area (Å²) in [5.74, 6) is 1.09. The molecule has 0 spiro atoms. The third-order valence-corrected chi connectivity index (χ3v) is 7.21. The second-order valence-electron chi connectivity index (χ2n) is 9.30. The molecule has 0 unspecified atom stereocenters. The van der Waals surface area contributed by atoms with Crippen LogP contribution in [0.2, 0.25) is 0 Å². The van der Waals surface area contributed by atoms with E-state index in [0.717, 1.165) is 31.2 Å². The van der Waals surface area contributed by atoms with E-state index in [1.165, 1.54) is 79.6 Å². The number of benzene rings is 1. The number of carbonyl (C=O) groups is 1. The lowest BCUT2D eigenvalue weighted by Gasteiger charge is -2.06. The molecule has 6 heteroatoms. The number of thiophene rings is 1. The van der Waals surface area contributed by atoms with Crippen molar-refractivity contribution in [2.75, 3.05) is 0 Å². The van der Waals surface area contributed by atoms with Crippen molar-refractivity contribution in [2.45, 2.75) is 97.3 Å². The van der Waals surface area contributed by atoms with E-state index in [-0.39, 0.29) is 0 Å². The number of aryl methyl sites for hydroxylation is 2. The molecule has 0 saturated carbocycles. The minimum absolute atomic E-state index is 0.425. The van der Waals surface area contributed by atoms with Crippen LogP contribution >= 0.6 is 11.3 Å². The zero-order valence-corrected chi connectivity index (χ0v) is 22.7. The minimum atomic E-state index is -0.733. The molecule has 0 radical (unpaired) electrons. The summed E-state index contributed by atoms with van der Waals surface area (Å²) in [4.78, 5) is 22.4. The van der Waals surface area contributed by atoms with E-state index in [4.69, 9.17) is 9.47 Å². The number of nitrogens with zero attached hydrogens (tertiary/aromatic N) is 2. The lowest BCUT2D eigenvalue weighted by Crippen LogP contribution is -2.12. The van der Waals surface area contributed by atoms with Gasteiger partial charge in [-0.2, -0.15) is 0 Å². The number of ether oxygens (including phenoxy) is 2. The Kier molecular flexibility index (Phi) is 12.5. The molecule has 2 heterocycles. The molecule has 0 aliphatic rings. The van der Waals surface area contributed by atoms with E-state index < -0.39 is 6.16 Å². The first-order valence-electron chi connectivity index (χ1n) is 13.6. The molecule has 0 aliphatic heterocycles. The van der Waals surface area contributed by atoms with Crippen molar-refractivity contribution in [3.63, 3.8) is 0 Å². The summed E-state index contributed by atoms with van der Waals surface area (Å²) in [5.41, 5.74) is 2.06. The number of hydrogen-bond donors (Lipinski definition) is 0. The topological polar surface area (TPSA) is 61.3 Å². The maximum Gasteiger partial charge on any atom is 0.520 e. The van der Waals surface area contributed by atoms with Gasteiger partial charge in [0.2, 0.25) is 0 Å². The molecule has 0 fully saturated rings. The van der Waals surface area contributed by atoms with Crippen molar-refractivity contribution in [1.82, 2.24) is 9.97 Å². The number of unbranched alkanes of at least 4 members (excludes halogenated alkanes) is 9. The monoisotopic (exact) mass is 508 g/mol. The second-order valence-corrected chi connectivity index (χ2v) is 10.4. The van der Waals surface area contributed by atoms with Gasteiger partial charge < -0.3 is 9.47 Å². The fourth-order valence-corrected chi connectivity index (χ4v) is 4.93. The highest BCUT2D eigenvalue weighted by Gasteiger charge is 2.11. The third-order valence-electron chi connectivity index (χ3n) is 6.19. The van der Waals surface area contributed by atoms with Crippen LogP contribution in [0, 0.1) is 0 Å². The highest BCUT2D eigenvalue weighted by atomic mass is 32.1. The number of hydrogen-bond acceptors (Lipinski definition) is 6. The van der Waals surface area contributed by atoms with Crippen LogP contribution in [0.3, 0.4) is 0 Å². The Morgan fingerprint density at radius 1 is 0.722 bits per heavy atom. The van der Waals surface area contributed by atoms with Crippen molar-refractivity contribution in [2.24, 2.45) is 0 Å². The van der Waals surface area contributed by atoms with Crippen molar-refractivity contribution in [3.05, 3.63) is 59.2 Å². The van der Waals surface area contributed by atoms with Crippen LogP contribution in [0.4, 0.5) is 4.79 Å². The van der Waals surface area contributed by atoms with Gasteiger partial charge in [-0.15, -0.1) is 11.3 Å². The van der Waals surface area contributed by atoms with E-state index in [1.54, 1.807) is 12.1 Å². The average Bonchev–Trinajstić information content (AvgIpc) is 3.34. The van der Waals surface area contributed by atoms with Crippen LogP contribution in [-0.4, -0.2) is 16.1 Å². The van der Waals surface area contributed by atoms with Crippen LogP contribution < -0.4 is 9.47 Å². The zero-order chi connectivity index (χ0) is 25.4. The minimum Gasteiger partial charge on any atom is -0.395 e. The summed E-state index contributed by atoms with van der Waals surface area (Å²) in [5, 5.41) is 0.554. The third kappa shape index (κ3) is 10.1. The Morgan fingerprint density at radius 2 is 1.36 bits per heavy atom. The van der Waals surface area contributed by atoms with Crippen LogP contribution in [0.5, 0.6) is 10.8 Å². The summed E-state index contributed by atoms with van der Waals surface area (Å²) in [6.45, 7) is 4.42. The van der Waals surface area contributed by atoms with Gasteiger partial charge in [0.25, 0.3) is 0 Å². The van der Waals surface area contributed by atoms with Crippen LogP contribution in [0.15, 0.2) is 48.8 Å². The molecule has 36 heavy (non-hydrogen) atoms. The van der Waals surface area contributed by atoms with Crippen molar-refractivity contribution < 1.29 is 14.3 Å². The normalized spacial score (nSPS) is 10.9. The zero-order valence-electron chi connectivity index (χ0n) is 21.8. The summed E-state index contributed by atoms with van der Waals surface area (Å²) < 4.78 is 10.6. The van der Waals surface area contributed by atoms with Crippen LogP contribution in [0.25, 0.3) is 11.4 Å². The smallest absolute Gasteiger partial charge is 0.395 e. The van der Waals surface area contributed by atoms with Gasteiger partial charge in [-0.25, -0.2) is 14.8 Å². The molecule has 3 rings (SSSR count).